The summed E-state index contributed by atoms with van der Waals surface area (Å²) in [6.07, 6.45) is 2.93. The zero-order chi connectivity index (χ0) is 20.7. The number of hydrogen-bond acceptors (Lipinski definition) is 2. The molecule has 31 heavy (non-hydrogen) atoms. The first-order chi connectivity index (χ1) is 14.7. The SMILES string of the molecule is CCc1cc(N)cc(-c2cccc3[nH+]cc4cc(N)ccc4c23)c1-c1ccccc1.[Br-]. The number of pyridine rings is 1. The number of rotatable bonds is 3. The van der Waals surface area contributed by atoms with E-state index in [1.165, 1.54) is 33.0 Å². The number of nitrogens with two attached hydrogens (primary N) is 2. The lowest BCUT2D eigenvalue weighted by atomic mass is 9.86. The maximum atomic E-state index is 6.37. The van der Waals surface area contributed by atoms with Crippen molar-refractivity contribution in [2.45, 2.75) is 13.3 Å². The molecule has 0 atom stereocenters. The van der Waals surface area contributed by atoms with Crippen molar-refractivity contribution in [2.75, 3.05) is 11.5 Å². The van der Waals surface area contributed by atoms with Crippen LogP contribution < -0.4 is 33.4 Å². The maximum Gasteiger partial charge on any atom is 0.212 e. The van der Waals surface area contributed by atoms with Gasteiger partial charge in [-0.2, -0.15) is 0 Å². The molecule has 1 heterocycles. The van der Waals surface area contributed by atoms with Gasteiger partial charge in [0.1, 0.15) is 0 Å². The van der Waals surface area contributed by atoms with Gasteiger partial charge in [-0.05, 0) is 58.5 Å². The number of benzene rings is 4. The largest absolute Gasteiger partial charge is 1.00 e. The average Bonchev–Trinajstić information content (AvgIpc) is 2.78. The van der Waals surface area contributed by atoms with Crippen molar-refractivity contribution in [3.8, 4) is 22.3 Å². The van der Waals surface area contributed by atoms with Crippen LogP contribution in [-0.4, -0.2) is 0 Å². The van der Waals surface area contributed by atoms with E-state index in [-0.39, 0.29) is 17.0 Å². The van der Waals surface area contributed by atoms with Crippen LogP contribution >= 0.6 is 0 Å². The van der Waals surface area contributed by atoms with Gasteiger partial charge in [0.25, 0.3) is 0 Å². The number of hydrogen-bond donors (Lipinski definition) is 2. The van der Waals surface area contributed by atoms with Crippen LogP contribution in [0.2, 0.25) is 0 Å². The summed E-state index contributed by atoms with van der Waals surface area (Å²) in [4.78, 5) is 3.45. The number of aromatic amines is 1. The molecular weight excluding hydrogens is 446 g/mol. The van der Waals surface area contributed by atoms with Crippen molar-refractivity contribution in [1.29, 1.82) is 0 Å². The number of nitrogen functional groups attached to an aromatic ring is 2. The molecule has 0 spiro atoms. The van der Waals surface area contributed by atoms with Crippen LogP contribution in [0, 0.1) is 0 Å². The summed E-state index contributed by atoms with van der Waals surface area (Å²) in [5.41, 5.74) is 21.1. The average molecular weight is 470 g/mol. The van der Waals surface area contributed by atoms with E-state index in [2.05, 4.69) is 78.6 Å². The van der Waals surface area contributed by atoms with Gasteiger partial charge in [-0.3, -0.25) is 0 Å². The highest BCUT2D eigenvalue weighted by Crippen LogP contribution is 2.41. The summed E-state index contributed by atoms with van der Waals surface area (Å²) in [5.74, 6) is 0. The number of halogens is 1. The molecule has 0 fully saturated rings. The third kappa shape index (κ3) is 3.64. The van der Waals surface area contributed by atoms with Gasteiger partial charge in [-0.1, -0.05) is 55.5 Å². The van der Waals surface area contributed by atoms with Crippen molar-refractivity contribution < 1.29 is 22.0 Å². The van der Waals surface area contributed by atoms with E-state index in [1.54, 1.807) is 0 Å². The van der Waals surface area contributed by atoms with E-state index in [0.717, 1.165) is 34.3 Å². The Morgan fingerprint density at radius 2 is 1.58 bits per heavy atom. The van der Waals surface area contributed by atoms with E-state index < -0.39 is 0 Å². The summed E-state index contributed by atoms with van der Waals surface area (Å²) < 4.78 is 0. The molecule has 0 amide bonds. The molecule has 5 N–H and O–H groups in total. The molecular formula is C27H24BrN3. The van der Waals surface area contributed by atoms with Gasteiger partial charge in [0.2, 0.25) is 5.52 Å². The fourth-order valence-electron chi connectivity index (χ4n) is 4.43. The third-order valence-corrected chi connectivity index (χ3v) is 5.77. The van der Waals surface area contributed by atoms with E-state index >= 15 is 0 Å². The van der Waals surface area contributed by atoms with Crippen LogP contribution in [0.5, 0.6) is 0 Å². The van der Waals surface area contributed by atoms with Crippen molar-refractivity contribution in [2.24, 2.45) is 0 Å². The van der Waals surface area contributed by atoms with Gasteiger partial charge in [0.15, 0.2) is 6.20 Å². The summed E-state index contributed by atoms with van der Waals surface area (Å²) in [6.45, 7) is 2.18. The molecule has 0 saturated carbocycles. The minimum Gasteiger partial charge on any atom is -1.00 e. The number of anilines is 2. The molecule has 0 radical (unpaired) electrons. The van der Waals surface area contributed by atoms with Gasteiger partial charge in [-0.25, -0.2) is 4.98 Å². The molecule has 0 unspecified atom stereocenters. The van der Waals surface area contributed by atoms with E-state index in [0.29, 0.717) is 0 Å². The second kappa shape index (κ2) is 8.40. The first-order valence-electron chi connectivity index (χ1n) is 10.3. The number of aromatic nitrogens is 1. The molecule has 4 aromatic carbocycles. The molecule has 0 aliphatic rings. The lowest BCUT2D eigenvalue weighted by Gasteiger charge is -2.17. The quantitative estimate of drug-likeness (QED) is 0.315. The second-order valence-electron chi connectivity index (χ2n) is 7.69. The van der Waals surface area contributed by atoms with Crippen LogP contribution in [0.25, 0.3) is 43.9 Å². The Morgan fingerprint density at radius 1 is 0.774 bits per heavy atom. The molecule has 4 heteroatoms. The van der Waals surface area contributed by atoms with E-state index in [1.807, 2.05) is 18.3 Å². The Bertz CT molecular complexity index is 1390. The molecule has 5 aromatic rings. The highest BCUT2D eigenvalue weighted by Gasteiger charge is 2.18. The van der Waals surface area contributed by atoms with Crippen LogP contribution in [0.3, 0.4) is 0 Å². The van der Waals surface area contributed by atoms with Gasteiger partial charge in [-0.15, -0.1) is 0 Å². The minimum atomic E-state index is 0. The normalized spacial score (nSPS) is 10.9. The summed E-state index contributed by atoms with van der Waals surface area (Å²) in [7, 11) is 0. The van der Waals surface area contributed by atoms with Gasteiger partial charge < -0.3 is 28.4 Å². The van der Waals surface area contributed by atoms with Crippen LogP contribution in [0.4, 0.5) is 11.4 Å². The first-order valence-corrected chi connectivity index (χ1v) is 10.3. The summed E-state index contributed by atoms with van der Waals surface area (Å²) in [6, 6.07) is 27.3. The topological polar surface area (TPSA) is 66.2 Å². The second-order valence-corrected chi connectivity index (χ2v) is 7.69. The Labute approximate surface area is 192 Å². The van der Waals surface area contributed by atoms with Crippen LogP contribution in [0.1, 0.15) is 12.5 Å². The Balaban J connectivity index is 0.00000231. The Morgan fingerprint density at radius 3 is 2.35 bits per heavy atom. The number of aryl methyl sites for hydroxylation is 1. The van der Waals surface area contributed by atoms with Gasteiger partial charge >= 0.3 is 0 Å². The predicted molar refractivity (Wildman–Crippen MR) is 127 cm³/mol. The number of nitrogens with one attached hydrogen (secondary N) is 1. The van der Waals surface area contributed by atoms with Gasteiger partial charge in [0, 0.05) is 28.2 Å². The summed E-state index contributed by atoms with van der Waals surface area (Å²) in [5, 5.41) is 3.45. The highest BCUT2D eigenvalue weighted by molar-refractivity contribution is 6.13. The molecule has 0 aliphatic heterocycles. The smallest absolute Gasteiger partial charge is 0.212 e. The van der Waals surface area contributed by atoms with Gasteiger partial charge in [0.05, 0.1) is 5.39 Å². The maximum absolute atomic E-state index is 6.37. The zero-order valence-corrected chi connectivity index (χ0v) is 18.9. The predicted octanol–water partition coefficient (Wildman–Crippen LogP) is 2.87. The van der Waals surface area contributed by atoms with Crippen molar-refractivity contribution in [3.63, 3.8) is 0 Å². The van der Waals surface area contributed by atoms with Crippen molar-refractivity contribution >= 4 is 33.1 Å². The van der Waals surface area contributed by atoms with Crippen molar-refractivity contribution in [3.05, 3.63) is 90.6 Å². The monoisotopic (exact) mass is 469 g/mol. The highest BCUT2D eigenvalue weighted by atomic mass is 79.9. The van der Waals surface area contributed by atoms with E-state index in [9.17, 15) is 0 Å². The molecule has 154 valence electrons. The molecule has 0 saturated heterocycles. The summed E-state index contributed by atoms with van der Waals surface area (Å²) >= 11 is 0. The number of fused-ring (bicyclic) bond motifs is 3. The van der Waals surface area contributed by atoms with Crippen LogP contribution in [-0.2, 0) is 6.42 Å². The Kier molecular flexibility index (Phi) is 5.66. The Hall–Kier alpha value is -3.37. The number of H-pyrrole nitrogens is 1. The first kappa shape index (κ1) is 20.9. The standard InChI is InChI=1S/C27H23N3.BrH/c1-2-17-13-21(29)15-24(26(17)18-7-4-3-5-8-18)23-9-6-10-25-27(23)22-12-11-20(28)14-19(22)16-30-25;/h3-16H,2,28-29H2,1H3;1H. The third-order valence-electron chi connectivity index (χ3n) is 5.77. The molecule has 3 nitrogen and oxygen atoms in total. The minimum absolute atomic E-state index is 0. The van der Waals surface area contributed by atoms with Crippen LogP contribution in [0.15, 0.2) is 85.1 Å². The fraction of sp³-hybridized carbons (Fsp3) is 0.0741. The molecule has 1 aromatic heterocycles. The zero-order valence-electron chi connectivity index (χ0n) is 17.3. The molecule has 5 rings (SSSR count). The fourth-order valence-corrected chi connectivity index (χ4v) is 4.43. The van der Waals surface area contributed by atoms with E-state index in [4.69, 9.17) is 11.5 Å². The van der Waals surface area contributed by atoms with Crippen molar-refractivity contribution in [1.82, 2.24) is 0 Å². The molecule has 0 bridgehead atoms. The molecule has 0 aliphatic carbocycles. The lowest BCUT2D eigenvalue weighted by Crippen LogP contribution is -3.00. The lowest BCUT2D eigenvalue weighted by molar-refractivity contribution is -0.342.